The molecular formula is C14H23ClN2O2. The minimum atomic E-state index is -0.388. The second kappa shape index (κ2) is 10.6. The van der Waals surface area contributed by atoms with E-state index in [9.17, 15) is 4.79 Å². The van der Waals surface area contributed by atoms with Crippen molar-refractivity contribution in [2.24, 2.45) is 0 Å². The van der Waals surface area contributed by atoms with E-state index in [4.69, 9.17) is 4.74 Å². The molecule has 0 aliphatic rings. The van der Waals surface area contributed by atoms with Crippen molar-refractivity contribution in [2.75, 3.05) is 31.6 Å². The molecule has 0 saturated heterocycles. The first-order valence-corrected chi connectivity index (χ1v) is 6.47. The molecule has 19 heavy (non-hydrogen) atoms. The fraction of sp³-hybridized carbons (Fsp3) is 0.500. The Balaban J connectivity index is 0.00000324. The number of benzene rings is 1. The fourth-order valence-electron chi connectivity index (χ4n) is 1.67. The van der Waals surface area contributed by atoms with Crippen LogP contribution in [0.4, 0.5) is 10.5 Å². The standard InChI is InChI=1S/C14H22N2O2.ClH/c1-3-16(4-2)11-8-12-18-14(17)15-13-9-6-5-7-10-13;/h5-7,9-10H,3-4,8,11-12H2,1-2H3,(H,15,17);1H. The van der Waals surface area contributed by atoms with Crippen molar-refractivity contribution in [3.63, 3.8) is 0 Å². The van der Waals surface area contributed by atoms with Crippen molar-refractivity contribution in [2.45, 2.75) is 20.3 Å². The molecule has 0 unspecified atom stereocenters. The SMILES string of the molecule is CCN(CC)CCCOC(=O)Nc1ccccc1.Cl. The van der Waals surface area contributed by atoms with Gasteiger partial charge in [0.1, 0.15) is 0 Å². The maximum absolute atomic E-state index is 11.4. The Kier molecular flexibility index (Phi) is 9.94. The van der Waals surface area contributed by atoms with Crippen molar-refractivity contribution >= 4 is 24.2 Å². The number of nitrogens with zero attached hydrogens (tertiary/aromatic N) is 1. The maximum Gasteiger partial charge on any atom is 0.411 e. The van der Waals surface area contributed by atoms with Crippen molar-refractivity contribution in [3.8, 4) is 0 Å². The summed E-state index contributed by atoms with van der Waals surface area (Å²) >= 11 is 0. The summed E-state index contributed by atoms with van der Waals surface area (Å²) in [4.78, 5) is 13.8. The number of para-hydroxylation sites is 1. The number of anilines is 1. The zero-order valence-electron chi connectivity index (χ0n) is 11.6. The van der Waals surface area contributed by atoms with Crippen molar-refractivity contribution < 1.29 is 9.53 Å². The van der Waals surface area contributed by atoms with Crippen LogP contribution in [0.2, 0.25) is 0 Å². The Bertz CT molecular complexity index is 343. The molecule has 0 aliphatic carbocycles. The number of carbonyl (C=O) groups excluding carboxylic acids is 1. The predicted molar refractivity (Wildman–Crippen MR) is 81.1 cm³/mol. The number of amides is 1. The molecule has 0 heterocycles. The third kappa shape index (κ3) is 7.70. The highest BCUT2D eigenvalue weighted by molar-refractivity contribution is 5.85. The molecule has 0 radical (unpaired) electrons. The molecule has 1 N–H and O–H groups in total. The molecule has 0 aromatic heterocycles. The van der Waals surface area contributed by atoms with Gasteiger partial charge in [-0.1, -0.05) is 32.0 Å². The van der Waals surface area contributed by atoms with E-state index in [0.717, 1.165) is 31.7 Å². The molecule has 1 aromatic carbocycles. The number of rotatable bonds is 7. The van der Waals surface area contributed by atoms with Gasteiger partial charge in [-0.05, 0) is 31.6 Å². The van der Waals surface area contributed by atoms with Crippen LogP contribution in [0.5, 0.6) is 0 Å². The smallest absolute Gasteiger partial charge is 0.411 e. The fourth-order valence-corrected chi connectivity index (χ4v) is 1.67. The third-order valence-corrected chi connectivity index (χ3v) is 2.77. The number of nitrogens with one attached hydrogen (secondary N) is 1. The molecule has 0 bridgehead atoms. The van der Waals surface area contributed by atoms with Gasteiger partial charge in [-0.15, -0.1) is 12.4 Å². The molecule has 1 amide bonds. The molecule has 1 aromatic rings. The van der Waals surface area contributed by atoms with E-state index >= 15 is 0 Å². The zero-order chi connectivity index (χ0) is 13.2. The molecule has 5 heteroatoms. The van der Waals surface area contributed by atoms with E-state index in [-0.39, 0.29) is 18.5 Å². The Morgan fingerprint density at radius 2 is 1.84 bits per heavy atom. The Morgan fingerprint density at radius 1 is 1.21 bits per heavy atom. The van der Waals surface area contributed by atoms with Crippen LogP contribution in [0.25, 0.3) is 0 Å². The molecule has 0 fully saturated rings. The monoisotopic (exact) mass is 286 g/mol. The Hall–Kier alpha value is -1.26. The normalized spacial score (nSPS) is 9.84. The topological polar surface area (TPSA) is 41.6 Å². The van der Waals surface area contributed by atoms with Crippen LogP contribution in [0.1, 0.15) is 20.3 Å². The van der Waals surface area contributed by atoms with Crippen molar-refractivity contribution in [1.29, 1.82) is 0 Å². The van der Waals surface area contributed by atoms with Gasteiger partial charge in [-0.3, -0.25) is 5.32 Å². The van der Waals surface area contributed by atoms with Gasteiger partial charge in [0.05, 0.1) is 6.61 Å². The maximum atomic E-state index is 11.4. The summed E-state index contributed by atoms with van der Waals surface area (Å²) in [6.45, 7) is 7.75. The Morgan fingerprint density at radius 3 is 2.42 bits per heavy atom. The van der Waals surface area contributed by atoms with Crippen LogP contribution in [-0.4, -0.2) is 37.2 Å². The molecule has 0 atom stereocenters. The first kappa shape index (κ1) is 17.7. The highest BCUT2D eigenvalue weighted by Gasteiger charge is 2.03. The van der Waals surface area contributed by atoms with Crippen LogP contribution >= 0.6 is 12.4 Å². The summed E-state index contributed by atoms with van der Waals surface area (Å²) in [5.74, 6) is 0. The van der Waals surface area contributed by atoms with Crippen LogP contribution < -0.4 is 5.32 Å². The summed E-state index contributed by atoms with van der Waals surface area (Å²) in [7, 11) is 0. The van der Waals surface area contributed by atoms with Crippen molar-refractivity contribution in [3.05, 3.63) is 30.3 Å². The first-order chi connectivity index (χ1) is 8.76. The minimum Gasteiger partial charge on any atom is -0.449 e. The molecule has 4 nitrogen and oxygen atoms in total. The van der Waals surface area contributed by atoms with Gasteiger partial charge in [-0.25, -0.2) is 4.79 Å². The number of carbonyl (C=O) groups is 1. The minimum absolute atomic E-state index is 0. The van der Waals surface area contributed by atoms with Gasteiger partial charge in [0, 0.05) is 12.2 Å². The number of hydrogen-bond donors (Lipinski definition) is 1. The number of halogens is 1. The lowest BCUT2D eigenvalue weighted by Crippen LogP contribution is -2.25. The van der Waals surface area contributed by atoms with E-state index in [0.29, 0.717) is 6.61 Å². The quantitative estimate of drug-likeness (QED) is 0.781. The molecule has 0 spiro atoms. The van der Waals surface area contributed by atoms with E-state index in [1.54, 1.807) is 0 Å². The molecule has 108 valence electrons. The predicted octanol–water partition coefficient (Wildman–Crippen LogP) is 3.39. The van der Waals surface area contributed by atoms with Gasteiger partial charge < -0.3 is 9.64 Å². The van der Waals surface area contributed by atoms with Gasteiger partial charge in [-0.2, -0.15) is 0 Å². The number of ether oxygens (including phenoxy) is 1. The first-order valence-electron chi connectivity index (χ1n) is 6.47. The average molecular weight is 287 g/mol. The molecule has 0 aliphatic heterocycles. The summed E-state index contributed by atoms with van der Waals surface area (Å²) in [6.07, 6.45) is 0.477. The number of hydrogen-bond acceptors (Lipinski definition) is 3. The van der Waals surface area contributed by atoms with Crippen LogP contribution in [0.15, 0.2) is 30.3 Å². The van der Waals surface area contributed by atoms with Gasteiger partial charge in [0.2, 0.25) is 0 Å². The lowest BCUT2D eigenvalue weighted by atomic mass is 10.3. The van der Waals surface area contributed by atoms with Crippen LogP contribution in [0, 0.1) is 0 Å². The Labute approximate surface area is 121 Å². The summed E-state index contributed by atoms with van der Waals surface area (Å²) in [5.41, 5.74) is 0.756. The lowest BCUT2D eigenvalue weighted by Gasteiger charge is -2.17. The highest BCUT2D eigenvalue weighted by Crippen LogP contribution is 2.05. The van der Waals surface area contributed by atoms with Crippen LogP contribution in [-0.2, 0) is 4.74 Å². The van der Waals surface area contributed by atoms with Crippen molar-refractivity contribution in [1.82, 2.24) is 4.90 Å². The molecule has 0 saturated carbocycles. The summed E-state index contributed by atoms with van der Waals surface area (Å²) in [6, 6.07) is 9.31. The molecular weight excluding hydrogens is 264 g/mol. The van der Waals surface area contributed by atoms with Gasteiger partial charge >= 0.3 is 6.09 Å². The average Bonchev–Trinajstić information content (AvgIpc) is 2.40. The lowest BCUT2D eigenvalue weighted by molar-refractivity contribution is 0.153. The van der Waals surface area contributed by atoms with Gasteiger partial charge in [0.15, 0.2) is 0 Å². The largest absolute Gasteiger partial charge is 0.449 e. The van der Waals surface area contributed by atoms with E-state index in [1.807, 2.05) is 30.3 Å². The molecule has 1 rings (SSSR count). The second-order valence-corrected chi connectivity index (χ2v) is 4.01. The van der Waals surface area contributed by atoms with Gasteiger partial charge in [0.25, 0.3) is 0 Å². The van der Waals surface area contributed by atoms with Crippen LogP contribution in [0.3, 0.4) is 0 Å². The zero-order valence-corrected chi connectivity index (χ0v) is 12.4. The van der Waals surface area contributed by atoms with E-state index in [2.05, 4.69) is 24.1 Å². The van der Waals surface area contributed by atoms with E-state index in [1.165, 1.54) is 0 Å². The summed E-state index contributed by atoms with van der Waals surface area (Å²) < 4.78 is 5.11. The van der Waals surface area contributed by atoms with E-state index < -0.39 is 0 Å². The second-order valence-electron chi connectivity index (χ2n) is 4.01. The third-order valence-electron chi connectivity index (χ3n) is 2.77. The highest BCUT2D eigenvalue weighted by atomic mass is 35.5. The summed E-state index contributed by atoms with van der Waals surface area (Å²) in [5, 5.41) is 2.68.